The second-order valence-corrected chi connectivity index (χ2v) is 8.51. The van der Waals surface area contributed by atoms with Gasteiger partial charge in [-0.1, -0.05) is 90.5 Å². The van der Waals surface area contributed by atoms with Crippen molar-refractivity contribution in [2.24, 2.45) is 0 Å². The number of ether oxygens (including phenoxy) is 2. The number of hydrogen-bond acceptors (Lipinski definition) is 4. The zero-order valence-corrected chi connectivity index (χ0v) is 20.5. The van der Waals surface area contributed by atoms with E-state index < -0.39 is 12.1 Å². The van der Waals surface area contributed by atoms with Gasteiger partial charge in [-0.15, -0.1) is 0 Å². The molecule has 1 heterocycles. The van der Waals surface area contributed by atoms with E-state index in [9.17, 15) is 9.59 Å². The highest BCUT2D eigenvalue weighted by Crippen LogP contribution is 2.21. The molecule has 0 saturated heterocycles. The van der Waals surface area contributed by atoms with Crippen molar-refractivity contribution < 1.29 is 19.1 Å². The van der Waals surface area contributed by atoms with Crippen LogP contribution < -0.4 is 0 Å². The van der Waals surface area contributed by atoms with E-state index in [4.69, 9.17) is 9.47 Å². The molecule has 4 aromatic rings. The molecule has 0 spiro atoms. The second kappa shape index (κ2) is 12.0. The third-order valence-corrected chi connectivity index (χ3v) is 5.87. The predicted octanol–water partition coefficient (Wildman–Crippen LogP) is 6.17. The molecular weight excluding hydrogens is 450 g/mol. The first-order chi connectivity index (χ1) is 17.5. The number of allylic oxidation sites excluding steroid dienone is 1. The minimum atomic E-state index is -0.784. The number of rotatable bonds is 10. The summed E-state index contributed by atoms with van der Waals surface area (Å²) in [7, 11) is 1.36. The summed E-state index contributed by atoms with van der Waals surface area (Å²) in [6, 6.07) is 28.6. The molecule has 0 bridgehead atoms. The first-order valence-corrected chi connectivity index (χ1v) is 11.8. The number of esters is 1. The lowest BCUT2D eigenvalue weighted by molar-refractivity contribution is -0.155. The number of benzene rings is 3. The van der Waals surface area contributed by atoms with Gasteiger partial charge in [0.05, 0.1) is 19.4 Å². The van der Waals surface area contributed by atoms with Gasteiger partial charge in [-0.05, 0) is 41.8 Å². The number of ketones is 1. The molecule has 1 unspecified atom stereocenters. The number of methoxy groups -OCH3 is 1. The second-order valence-electron chi connectivity index (χ2n) is 8.51. The first-order valence-electron chi connectivity index (χ1n) is 11.8. The third kappa shape index (κ3) is 6.26. The quantitative estimate of drug-likeness (QED) is 0.202. The molecule has 0 amide bonds. The van der Waals surface area contributed by atoms with Crippen LogP contribution in [0.2, 0.25) is 0 Å². The van der Waals surface area contributed by atoms with Gasteiger partial charge in [0.1, 0.15) is 0 Å². The van der Waals surface area contributed by atoms with E-state index in [0.29, 0.717) is 17.8 Å². The van der Waals surface area contributed by atoms with Gasteiger partial charge in [-0.3, -0.25) is 4.79 Å². The van der Waals surface area contributed by atoms with E-state index >= 15 is 0 Å². The molecule has 4 rings (SSSR count). The van der Waals surface area contributed by atoms with Crippen molar-refractivity contribution >= 4 is 17.8 Å². The SMILES string of the molecule is COC(=O)C(OCc1cccc(/C=C/Cn2cccc2C(=O)c2ccc(C)cc2)c1)c1ccccc1. The molecule has 3 aromatic carbocycles. The van der Waals surface area contributed by atoms with Gasteiger partial charge >= 0.3 is 5.97 Å². The fourth-order valence-corrected chi connectivity index (χ4v) is 3.94. The smallest absolute Gasteiger partial charge is 0.339 e. The zero-order valence-electron chi connectivity index (χ0n) is 20.5. The highest BCUT2D eigenvalue weighted by Gasteiger charge is 2.22. The molecule has 36 heavy (non-hydrogen) atoms. The van der Waals surface area contributed by atoms with Gasteiger partial charge in [0, 0.05) is 18.3 Å². The van der Waals surface area contributed by atoms with Crippen LogP contribution in [0, 0.1) is 6.92 Å². The summed E-state index contributed by atoms with van der Waals surface area (Å²) < 4.78 is 12.8. The molecule has 0 fully saturated rings. The largest absolute Gasteiger partial charge is 0.467 e. The lowest BCUT2D eigenvalue weighted by Crippen LogP contribution is -2.17. The van der Waals surface area contributed by atoms with Crippen LogP contribution in [-0.2, 0) is 27.4 Å². The third-order valence-electron chi connectivity index (χ3n) is 5.87. The van der Waals surface area contributed by atoms with E-state index in [1.54, 1.807) is 0 Å². The topological polar surface area (TPSA) is 57.5 Å². The Bertz CT molecular complexity index is 1340. The van der Waals surface area contributed by atoms with Crippen molar-refractivity contribution in [2.75, 3.05) is 7.11 Å². The Hall–Kier alpha value is -4.22. The van der Waals surface area contributed by atoms with Crippen LogP contribution in [-0.4, -0.2) is 23.4 Å². The Kier molecular flexibility index (Phi) is 8.27. The average molecular weight is 480 g/mol. The highest BCUT2D eigenvalue weighted by atomic mass is 16.6. The summed E-state index contributed by atoms with van der Waals surface area (Å²) in [5.41, 5.74) is 5.15. The van der Waals surface area contributed by atoms with Gasteiger partial charge in [0.25, 0.3) is 0 Å². The summed E-state index contributed by atoms with van der Waals surface area (Å²) in [5.74, 6) is -0.425. The van der Waals surface area contributed by atoms with Gasteiger partial charge in [-0.2, -0.15) is 0 Å². The van der Waals surface area contributed by atoms with Crippen molar-refractivity contribution in [1.29, 1.82) is 0 Å². The summed E-state index contributed by atoms with van der Waals surface area (Å²) in [6.45, 7) is 2.84. The standard InChI is InChI=1S/C31H29NO4/c1-23-15-17-26(18-16-23)29(33)28-14-8-20-32(28)19-7-11-24-9-6-10-25(21-24)22-36-30(31(34)35-2)27-12-4-3-5-13-27/h3-18,20-21,30H,19,22H2,1-2H3/b11-7+. The zero-order chi connectivity index (χ0) is 25.3. The van der Waals surface area contributed by atoms with Crippen LogP contribution >= 0.6 is 0 Å². The number of carbonyl (C=O) groups excluding carboxylic acids is 2. The highest BCUT2D eigenvalue weighted by molar-refractivity contribution is 6.08. The summed E-state index contributed by atoms with van der Waals surface area (Å²) in [5, 5.41) is 0. The van der Waals surface area contributed by atoms with E-state index in [0.717, 1.165) is 22.3 Å². The molecule has 0 radical (unpaired) electrons. The van der Waals surface area contributed by atoms with Gasteiger partial charge in [-0.25, -0.2) is 4.79 Å². The van der Waals surface area contributed by atoms with Crippen molar-refractivity contribution in [2.45, 2.75) is 26.2 Å². The van der Waals surface area contributed by atoms with Crippen molar-refractivity contribution in [1.82, 2.24) is 4.57 Å². The van der Waals surface area contributed by atoms with Crippen molar-refractivity contribution in [3.05, 3.63) is 137 Å². The van der Waals surface area contributed by atoms with Crippen LogP contribution in [0.25, 0.3) is 6.08 Å². The first kappa shape index (κ1) is 24.9. The monoisotopic (exact) mass is 479 g/mol. The summed E-state index contributed by atoms with van der Waals surface area (Å²) >= 11 is 0. The van der Waals surface area contributed by atoms with Crippen molar-refractivity contribution in [3.8, 4) is 0 Å². The van der Waals surface area contributed by atoms with Gasteiger partial charge < -0.3 is 14.0 Å². The van der Waals surface area contributed by atoms with Gasteiger partial charge in [0.2, 0.25) is 5.78 Å². The summed E-state index contributed by atoms with van der Waals surface area (Å²) in [4.78, 5) is 25.2. The lowest BCUT2D eigenvalue weighted by Gasteiger charge is -2.16. The van der Waals surface area contributed by atoms with Crippen LogP contribution in [0.1, 0.15) is 44.4 Å². The molecule has 1 aromatic heterocycles. The summed E-state index contributed by atoms with van der Waals surface area (Å²) in [6.07, 6.45) is 5.16. The lowest BCUT2D eigenvalue weighted by atomic mass is 10.1. The maximum atomic E-state index is 12.9. The van der Waals surface area contributed by atoms with Gasteiger partial charge in [0.15, 0.2) is 6.10 Å². The van der Waals surface area contributed by atoms with Crippen LogP contribution in [0.5, 0.6) is 0 Å². The molecule has 1 atom stereocenters. The number of aromatic nitrogens is 1. The van der Waals surface area contributed by atoms with E-state index in [1.165, 1.54) is 7.11 Å². The molecule has 182 valence electrons. The maximum Gasteiger partial charge on any atom is 0.339 e. The Morgan fingerprint density at radius 3 is 2.44 bits per heavy atom. The number of nitrogens with zero attached hydrogens (tertiary/aromatic N) is 1. The molecular formula is C31H29NO4. The Morgan fingerprint density at radius 1 is 0.917 bits per heavy atom. The van der Waals surface area contributed by atoms with Crippen molar-refractivity contribution in [3.63, 3.8) is 0 Å². The molecule has 0 N–H and O–H groups in total. The molecule has 0 saturated carbocycles. The molecule has 0 aliphatic carbocycles. The van der Waals surface area contributed by atoms with E-state index in [2.05, 4.69) is 0 Å². The normalized spacial score (nSPS) is 11.9. The molecule has 0 aliphatic heterocycles. The Morgan fingerprint density at radius 2 is 1.69 bits per heavy atom. The Balaban J connectivity index is 1.40. The minimum absolute atomic E-state index is 0.00567. The van der Waals surface area contributed by atoms with Crippen LogP contribution in [0.15, 0.2) is 103 Å². The predicted molar refractivity (Wildman–Crippen MR) is 141 cm³/mol. The number of aryl methyl sites for hydroxylation is 1. The van der Waals surface area contributed by atoms with Crippen LogP contribution in [0.3, 0.4) is 0 Å². The molecule has 0 aliphatic rings. The fraction of sp³-hybridized carbons (Fsp3) is 0.161. The fourth-order valence-electron chi connectivity index (χ4n) is 3.94. The van der Waals surface area contributed by atoms with E-state index in [-0.39, 0.29) is 12.4 Å². The van der Waals surface area contributed by atoms with E-state index in [1.807, 2.05) is 121 Å². The number of carbonyl (C=O) groups is 2. The number of hydrogen-bond donors (Lipinski definition) is 0. The molecule has 5 nitrogen and oxygen atoms in total. The molecule has 5 heteroatoms. The minimum Gasteiger partial charge on any atom is -0.467 e. The Labute approximate surface area is 211 Å². The average Bonchev–Trinajstić information content (AvgIpc) is 3.38. The maximum absolute atomic E-state index is 12.9. The van der Waals surface area contributed by atoms with Crippen LogP contribution in [0.4, 0.5) is 0 Å².